The molecule has 4 heterocycles. The van der Waals surface area contributed by atoms with Gasteiger partial charge in [-0.15, -0.1) is 53.2 Å². The fourth-order valence-corrected chi connectivity index (χ4v) is 6.83. The largest absolute Gasteiger partial charge is 0.501 e. The third-order valence-electron chi connectivity index (χ3n) is 9.18. The molecule has 8 aromatic rings. The van der Waals surface area contributed by atoms with E-state index in [1.54, 1.807) is 0 Å². The van der Waals surface area contributed by atoms with Crippen LogP contribution in [-0.4, -0.2) is 14.1 Å². The first-order valence-corrected chi connectivity index (χ1v) is 16.0. The van der Waals surface area contributed by atoms with Crippen molar-refractivity contribution < 1.29 is 21.1 Å². The van der Waals surface area contributed by atoms with Gasteiger partial charge in [0.15, 0.2) is 0 Å². The van der Waals surface area contributed by atoms with Gasteiger partial charge in [0.1, 0.15) is 0 Å². The Labute approximate surface area is 294 Å². The zero-order chi connectivity index (χ0) is 31.7. The van der Waals surface area contributed by atoms with E-state index >= 15 is 0 Å². The molecule has 0 amide bonds. The summed E-state index contributed by atoms with van der Waals surface area (Å²) in [5.41, 5.74) is 9.39. The predicted molar refractivity (Wildman–Crippen MR) is 194 cm³/mol. The van der Waals surface area contributed by atoms with Gasteiger partial charge in [-0.2, -0.15) is 6.67 Å². The number of pyridine rings is 1. The smallest absolute Gasteiger partial charge is 0.0965 e. The number of hydrogen-bond acceptors (Lipinski definition) is 3. The monoisotopic (exact) mass is 801 g/mol. The van der Waals surface area contributed by atoms with Crippen LogP contribution in [0.15, 0.2) is 128 Å². The summed E-state index contributed by atoms with van der Waals surface area (Å²) in [6.07, 6.45) is 4.00. The summed E-state index contributed by atoms with van der Waals surface area (Å²) in [7, 11) is 0. The molecule has 5 aromatic carbocycles. The standard InChI is InChI=1S/C42H32N5.Pt/c1-42(2,3)29-23-30(45-26-41(44-27-45)47-38-17-8-5-12-32(38)33-13-6-9-18-39(33)47)25-31(24-29)46-37-16-7-4-14-34(37)35-20-19-28(22-40(35)46)36-15-10-11-21-43-36;/h4-21,23-24,26-27,44H,1-3H3;/q-3;. The number of aromatic nitrogens is 3. The summed E-state index contributed by atoms with van der Waals surface area (Å²) in [4.78, 5) is 6.76. The van der Waals surface area contributed by atoms with E-state index in [-0.39, 0.29) is 26.5 Å². The molecule has 1 N–H and O–H groups in total. The summed E-state index contributed by atoms with van der Waals surface area (Å²) < 4.78 is 4.60. The Hall–Kier alpha value is -5.12. The number of nitrogens with one attached hydrogen (secondary N) is 1. The quantitative estimate of drug-likeness (QED) is 0.180. The second-order valence-corrected chi connectivity index (χ2v) is 13.2. The molecule has 6 heteroatoms. The Morgan fingerprint density at radius 3 is 1.90 bits per heavy atom. The molecule has 0 aliphatic carbocycles. The van der Waals surface area contributed by atoms with Crippen LogP contribution in [0.3, 0.4) is 0 Å². The van der Waals surface area contributed by atoms with Gasteiger partial charge in [0, 0.05) is 49.8 Å². The van der Waals surface area contributed by atoms with Crippen LogP contribution >= 0.6 is 0 Å². The minimum absolute atomic E-state index is 0. The zero-order valence-electron chi connectivity index (χ0n) is 26.8. The molecule has 0 atom stereocenters. The minimum atomic E-state index is -0.0906. The van der Waals surface area contributed by atoms with Gasteiger partial charge in [-0.25, -0.2) is 0 Å². The van der Waals surface area contributed by atoms with Crippen molar-refractivity contribution in [1.82, 2.24) is 19.4 Å². The van der Waals surface area contributed by atoms with Crippen LogP contribution in [-0.2, 0) is 26.5 Å². The number of benzene rings is 5. The maximum atomic E-state index is 4.62. The maximum Gasteiger partial charge on any atom is 0.0965 e. The van der Waals surface area contributed by atoms with Crippen molar-refractivity contribution in [3.05, 3.63) is 152 Å². The number of fused-ring (bicyclic) bond motifs is 6. The first-order chi connectivity index (χ1) is 22.9. The number of para-hydroxylation sites is 3. The zero-order valence-corrected chi connectivity index (χ0v) is 29.1. The van der Waals surface area contributed by atoms with Crippen LogP contribution in [0.5, 0.6) is 0 Å². The molecule has 1 aliphatic heterocycles. The van der Waals surface area contributed by atoms with E-state index in [2.05, 4.69) is 161 Å². The predicted octanol–water partition coefficient (Wildman–Crippen LogP) is 9.83. The van der Waals surface area contributed by atoms with Gasteiger partial charge in [0.05, 0.1) is 16.9 Å². The van der Waals surface area contributed by atoms with Gasteiger partial charge in [0.25, 0.3) is 0 Å². The van der Waals surface area contributed by atoms with Crippen molar-refractivity contribution in [1.29, 1.82) is 0 Å². The normalized spacial score (nSPS) is 13.3. The Kier molecular flexibility index (Phi) is 7.27. The summed E-state index contributed by atoms with van der Waals surface area (Å²) >= 11 is 0. The van der Waals surface area contributed by atoms with E-state index in [0.29, 0.717) is 0 Å². The van der Waals surface area contributed by atoms with Gasteiger partial charge >= 0.3 is 0 Å². The maximum absolute atomic E-state index is 4.62. The Balaban J connectivity index is 0.00000336. The summed E-state index contributed by atoms with van der Waals surface area (Å²) in [5, 5.41) is 8.39. The third kappa shape index (κ3) is 4.84. The van der Waals surface area contributed by atoms with Gasteiger partial charge in [0.2, 0.25) is 0 Å². The summed E-state index contributed by atoms with van der Waals surface area (Å²) in [6.45, 7) is 8.81. The molecule has 5 nitrogen and oxygen atoms in total. The molecule has 1 aliphatic rings. The van der Waals surface area contributed by atoms with Crippen LogP contribution in [0.2, 0.25) is 0 Å². The van der Waals surface area contributed by atoms with Crippen molar-refractivity contribution >= 4 is 55.1 Å². The van der Waals surface area contributed by atoms with Crippen LogP contribution in [0.4, 0.5) is 5.69 Å². The van der Waals surface area contributed by atoms with E-state index in [4.69, 9.17) is 0 Å². The van der Waals surface area contributed by atoms with Crippen molar-refractivity contribution in [2.75, 3.05) is 4.90 Å². The topological polar surface area (TPSA) is 38.0 Å². The summed E-state index contributed by atoms with van der Waals surface area (Å²) in [6, 6.07) is 48.1. The van der Waals surface area contributed by atoms with Crippen molar-refractivity contribution in [3.63, 3.8) is 0 Å². The second-order valence-electron chi connectivity index (χ2n) is 13.2. The molecule has 0 fully saturated rings. The number of anilines is 1. The van der Waals surface area contributed by atoms with Crippen molar-refractivity contribution in [2.45, 2.75) is 26.2 Å². The molecule has 238 valence electrons. The van der Waals surface area contributed by atoms with E-state index in [1.807, 2.05) is 31.1 Å². The fourth-order valence-electron chi connectivity index (χ4n) is 6.83. The Bertz CT molecular complexity index is 2460. The van der Waals surface area contributed by atoms with E-state index in [9.17, 15) is 0 Å². The third-order valence-corrected chi connectivity index (χ3v) is 9.18. The van der Waals surface area contributed by atoms with Gasteiger partial charge in [-0.3, -0.25) is 4.57 Å². The van der Waals surface area contributed by atoms with Gasteiger partial charge in [-0.1, -0.05) is 98.6 Å². The number of rotatable bonds is 4. The molecule has 0 bridgehead atoms. The van der Waals surface area contributed by atoms with E-state index in [0.717, 1.165) is 44.9 Å². The molecular formula is C42H32N5Pt-3. The molecular weight excluding hydrogens is 770 g/mol. The molecule has 0 saturated carbocycles. The Morgan fingerprint density at radius 2 is 1.25 bits per heavy atom. The average molecular weight is 802 g/mol. The van der Waals surface area contributed by atoms with Crippen LogP contribution in [0.25, 0.3) is 66.4 Å². The summed E-state index contributed by atoms with van der Waals surface area (Å²) in [5.74, 6) is 0.990. The van der Waals surface area contributed by atoms with Gasteiger partial charge in [-0.05, 0) is 46.3 Å². The van der Waals surface area contributed by atoms with Crippen molar-refractivity contribution in [3.8, 4) is 16.9 Å². The molecule has 3 aromatic heterocycles. The van der Waals surface area contributed by atoms with Crippen LogP contribution in [0, 0.1) is 18.8 Å². The number of nitrogens with zero attached hydrogens (tertiary/aromatic N) is 4. The van der Waals surface area contributed by atoms with Crippen LogP contribution in [0.1, 0.15) is 26.3 Å². The first kappa shape index (κ1) is 30.2. The molecule has 0 unspecified atom stereocenters. The fraction of sp³-hybridized carbons (Fsp3) is 0.0952. The van der Waals surface area contributed by atoms with Gasteiger partial charge < -0.3 is 19.8 Å². The number of hydrogen-bond donors (Lipinski definition) is 1. The van der Waals surface area contributed by atoms with E-state index < -0.39 is 0 Å². The molecule has 0 radical (unpaired) electrons. The van der Waals surface area contributed by atoms with Crippen molar-refractivity contribution in [2.24, 2.45) is 0 Å². The average Bonchev–Trinajstić information content (AvgIpc) is 3.80. The van der Waals surface area contributed by atoms with Crippen LogP contribution < -0.4 is 10.2 Å². The SMILES string of the molecule is CC(C)(C)c1cc(N2C=C(n3c4ccccc4c4ccccc43)N[CH-]2)[c-]c(-n2c3[c-]c(-c4ccccn4)ccc3c3ccccc32)c1.[Pt]. The second kappa shape index (κ2) is 11.5. The molecule has 9 rings (SSSR count). The molecule has 0 spiro atoms. The van der Waals surface area contributed by atoms with E-state index in [1.165, 1.54) is 32.8 Å². The first-order valence-electron chi connectivity index (χ1n) is 16.0. The molecule has 48 heavy (non-hydrogen) atoms. The Morgan fingerprint density at radius 1 is 0.646 bits per heavy atom. The minimum Gasteiger partial charge on any atom is -0.501 e. The molecule has 0 saturated heterocycles.